The number of carbonyl (C=O) groups excluding carboxylic acids is 1. The van der Waals surface area contributed by atoms with Crippen LogP contribution in [-0.4, -0.2) is 33.7 Å². The normalized spacial score (nSPS) is 11.2. The third kappa shape index (κ3) is 4.35. The molecule has 0 fully saturated rings. The van der Waals surface area contributed by atoms with Gasteiger partial charge in [-0.2, -0.15) is 0 Å². The number of rotatable bonds is 6. The minimum absolute atomic E-state index is 0.127. The van der Waals surface area contributed by atoms with E-state index in [9.17, 15) is 13.2 Å². The van der Waals surface area contributed by atoms with E-state index in [1.807, 2.05) is 6.07 Å². The molecule has 22 heavy (non-hydrogen) atoms. The summed E-state index contributed by atoms with van der Waals surface area (Å²) in [6, 6.07) is 10.1. The van der Waals surface area contributed by atoms with Crippen molar-refractivity contribution in [2.45, 2.75) is 0 Å². The summed E-state index contributed by atoms with van der Waals surface area (Å²) < 4.78 is 30.8. The Morgan fingerprint density at radius 3 is 2.68 bits per heavy atom. The molecule has 1 heterocycles. The van der Waals surface area contributed by atoms with Gasteiger partial charge in [0.25, 0.3) is 5.91 Å². The van der Waals surface area contributed by atoms with Crippen LogP contribution < -0.4 is 9.62 Å². The SMILES string of the molecule is CS(=O)(=O)N(CCNC(=O)c1ccco1)c1cccc(Br)c1. The first-order chi connectivity index (χ1) is 10.4. The van der Waals surface area contributed by atoms with E-state index < -0.39 is 10.0 Å². The topological polar surface area (TPSA) is 79.6 Å². The number of amides is 1. The van der Waals surface area contributed by atoms with E-state index in [2.05, 4.69) is 21.2 Å². The fraction of sp³-hybridized carbons (Fsp3) is 0.214. The Hall–Kier alpha value is -1.80. The first-order valence-electron chi connectivity index (χ1n) is 6.43. The van der Waals surface area contributed by atoms with E-state index >= 15 is 0 Å². The maximum atomic E-state index is 11.9. The first-order valence-corrected chi connectivity index (χ1v) is 9.07. The van der Waals surface area contributed by atoms with Crippen LogP contribution in [0.25, 0.3) is 0 Å². The number of anilines is 1. The molecule has 2 aromatic rings. The quantitative estimate of drug-likeness (QED) is 0.825. The molecule has 0 aliphatic heterocycles. The molecule has 6 nitrogen and oxygen atoms in total. The Labute approximate surface area is 137 Å². The second-order valence-corrected chi connectivity index (χ2v) is 7.37. The van der Waals surface area contributed by atoms with Gasteiger partial charge in [-0.1, -0.05) is 22.0 Å². The number of halogens is 1. The van der Waals surface area contributed by atoms with E-state index in [0.29, 0.717) is 5.69 Å². The van der Waals surface area contributed by atoms with E-state index in [4.69, 9.17) is 4.42 Å². The van der Waals surface area contributed by atoms with Crippen molar-refractivity contribution in [2.75, 3.05) is 23.7 Å². The fourth-order valence-electron chi connectivity index (χ4n) is 1.88. The molecular weight excluding hydrogens is 372 g/mol. The minimum Gasteiger partial charge on any atom is -0.459 e. The van der Waals surface area contributed by atoms with Crippen LogP contribution in [0.5, 0.6) is 0 Å². The Bertz CT molecular complexity index is 744. The maximum Gasteiger partial charge on any atom is 0.287 e. The van der Waals surface area contributed by atoms with Crippen LogP contribution >= 0.6 is 15.9 Å². The van der Waals surface area contributed by atoms with Crippen LogP contribution in [0.4, 0.5) is 5.69 Å². The molecule has 8 heteroatoms. The van der Waals surface area contributed by atoms with Gasteiger partial charge in [-0.25, -0.2) is 8.42 Å². The number of sulfonamides is 1. The largest absolute Gasteiger partial charge is 0.459 e. The van der Waals surface area contributed by atoms with Crippen LogP contribution in [0.15, 0.2) is 51.6 Å². The zero-order chi connectivity index (χ0) is 16.2. The third-order valence-corrected chi connectivity index (χ3v) is 4.53. The lowest BCUT2D eigenvalue weighted by Crippen LogP contribution is -2.38. The van der Waals surface area contributed by atoms with Crippen molar-refractivity contribution < 1.29 is 17.6 Å². The number of nitrogens with one attached hydrogen (secondary N) is 1. The van der Waals surface area contributed by atoms with Gasteiger partial charge in [0.1, 0.15) is 0 Å². The monoisotopic (exact) mass is 386 g/mol. The molecule has 0 atom stereocenters. The van der Waals surface area contributed by atoms with Crippen LogP contribution in [0.2, 0.25) is 0 Å². The first kappa shape index (κ1) is 16.6. The molecule has 0 saturated heterocycles. The van der Waals surface area contributed by atoms with Gasteiger partial charge in [-0.3, -0.25) is 9.10 Å². The molecule has 0 bridgehead atoms. The second-order valence-electron chi connectivity index (χ2n) is 4.55. The van der Waals surface area contributed by atoms with Crippen molar-refractivity contribution >= 4 is 37.5 Å². The second kappa shape index (κ2) is 6.97. The van der Waals surface area contributed by atoms with Crippen molar-refractivity contribution in [3.8, 4) is 0 Å². The van der Waals surface area contributed by atoms with Crippen molar-refractivity contribution in [3.63, 3.8) is 0 Å². The summed E-state index contributed by atoms with van der Waals surface area (Å²) in [6.07, 6.45) is 2.53. The highest BCUT2D eigenvalue weighted by Crippen LogP contribution is 2.21. The van der Waals surface area contributed by atoms with Crippen LogP contribution in [0.3, 0.4) is 0 Å². The number of hydrogen-bond donors (Lipinski definition) is 1. The molecule has 2 rings (SSSR count). The molecule has 1 N–H and O–H groups in total. The van der Waals surface area contributed by atoms with Crippen molar-refractivity contribution in [1.29, 1.82) is 0 Å². The van der Waals surface area contributed by atoms with Crippen molar-refractivity contribution in [1.82, 2.24) is 5.32 Å². The lowest BCUT2D eigenvalue weighted by Gasteiger charge is -2.22. The molecule has 0 unspecified atom stereocenters. The number of nitrogens with zero attached hydrogens (tertiary/aromatic N) is 1. The van der Waals surface area contributed by atoms with Gasteiger partial charge < -0.3 is 9.73 Å². The highest BCUT2D eigenvalue weighted by atomic mass is 79.9. The van der Waals surface area contributed by atoms with Gasteiger partial charge >= 0.3 is 0 Å². The minimum atomic E-state index is -3.45. The summed E-state index contributed by atoms with van der Waals surface area (Å²) in [4.78, 5) is 11.7. The molecule has 1 aromatic heterocycles. The molecule has 0 radical (unpaired) electrons. The van der Waals surface area contributed by atoms with E-state index in [0.717, 1.165) is 10.7 Å². The highest BCUT2D eigenvalue weighted by Gasteiger charge is 2.18. The Balaban J connectivity index is 2.04. The van der Waals surface area contributed by atoms with Crippen LogP contribution in [0, 0.1) is 0 Å². The molecule has 0 spiro atoms. The highest BCUT2D eigenvalue weighted by molar-refractivity contribution is 9.10. The lowest BCUT2D eigenvalue weighted by atomic mass is 10.3. The predicted molar refractivity (Wildman–Crippen MR) is 87.4 cm³/mol. The molecular formula is C14H15BrN2O4S. The summed E-state index contributed by atoms with van der Waals surface area (Å²) in [7, 11) is -3.45. The Kier molecular flexibility index (Phi) is 5.25. The van der Waals surface area contributed by atoms with E-state index in [1.54, 1.807) is 24.3 Å². The smallest absolute Gasteiger partial charge is 0.287 e. The molecule has 0 aliphatic carbocycles. The average molecular weight is 387 g/mol. The number of benzene rings is 1. The van der Waals surface area contributed by atoms with Gasteiger partial charge in [0, 0.05) is 11.0 Å². The Morgan fingerprint density at radius 1 is 1.32 bits per heavy atom. The van der Waals surface area contributed by atoms with Gasteiger partial charge in [0.2, 0.25) is 10.0 Å². The van der Waals surface area contributed by atoms with Gasteiger partial charge in [0.15, 0.2) is 5.76 Å². The summed E-state index contributed by atoms with van der Waals surface area (Å²) in [5.74, 6) is -0.193. The number of furan rings is 1. The van der Waals surface area contributed by atoms with Crippen molar-refractivity contribution in [2.24, 2.45) is 0 Å². The van der Waals surface area contributed by atoms with Crippen LogP contribution in [-0.2, 0) is 10.0 Å². The summed E-state index contributed by atoms with van der Waals surface area (Å²) in [5.41, 5.74) is 0.532. The van der Waals surface area contributed by atoms with E-state index in [-0.39, 0.29) is 24.8 Å². The molecule has 118 valence electrons. The van der Waals surface area contributed by atoms with Gasteiger partial charge in [0.05, 0.1) is 24.8 Å². The van der Waals surface area contributed by atoms with E-state index in [1.165, 1.54) is 16.6 Å². The molecule has 1 amide bonds. The fourth-order valence-corrected chi connectivity index (χ4v) is 3.19. The number of carbonyl (C=O) groups is 1. The summed E-state index contributed by atoms with van der Waals surface area (Å²) in [6.45, 7) is 0.293. The van der Waals surface area contributed by atoms with Gasteiger partial charge in [-0.05, 0) is 30.3 Å². The zero-order valence-corrected chi connectivity index (χ0v) is 14.2. The average Bonchev–Trinajstić information content (AvgIpc) is 2.96. The lowest BCUT2D eigenvalue weighted by molar-refractivity contribution is 0.0927. The zero-order valence-electron chi connectivity index (χ0n) is 11.8. The molecule has 0 saturated carbocycles. The maximum absolute atomic E-state index is 11.9. The third-order valence-electron chi connectivity index (χ3n) is 2.84. The molecule has 1 aromatic carbocycles. The Morgan fingerprint density at radius 2 is 2.09 bits per heavy atom. The standard InChI is InChI=1S/C14H15BrN2O4S/c1-22(19,20)17(12-5-2-4-11(15)10-12)8-7-16-14(18)13-6-3-9-21-13/h2-6,9-10H,7-8H2,1H3,(H,16,18). The summed E-state index contributed by atoms with van der Waals surface area (Å²) >= 11 is 3.31. The molecule has 0 aliphatic rings. The number of hydrogen-bond acceptors (Lipinski definition) is 4. The summed E-state index contributed by atoms with van der Waals surface area (Å²) in [5, 5.41) is 2.62. The van der Waals surface area contributed by atoms with Crippen LogP contribution in [0.1, 0.15) is 10.6 Å². The van der Waals surface area contributed by atoms with Crippen molar-refractivity contribution in [3.05, 3.63) is 52.9 Å². The van der Waals surface area contributed by atoms with Gasteiger partial charge in [-0.15, -0.1) is 0 Å². The predicted octanol–water partition coefficient (Wildman–Crippen LogP) is 2.24.